The van der Waals surface area contributed by atoms with Crippen LogP contribution in [-0.4, -0.2) is 41.2 Å². The van der Waals surface area contributed by atoms with E-state index in [9.17, 15) is 9.59 Å². The number of hydrogen-bond donors (Lipinski definition) is 0. The molecule has 0 aliphatic rings. The minimum absolute atomic E-state index is 0.0259. The molecular weight excluding hydrogens is 400 g/mol. The van der Waals surface area contributed by atoms with Crippen LogP contribution in [0.4, 0.5) is 0 Å². The highest BCUT2D eigenvalue weighted by atomic mass is 16.3. The van der Waals surface area contributed by atoms with Crippen molar-refractivity contribution >= 4 is 11.8 Å². The topological polar surface area (TPSA) is 53.8 Å². The van der Waals surface area contributed by atoms with Gasteiger partial charge in [-0.3, -0.25) is 9.59 Å². The molecule has 0 aliphatic heterocycles. The van der Waals surface area contributed by atoms with Gasteiger partial charge in [0.2, 0.25) is 11.8 Å². The molecule has 0 atom stereocenters. The fourth-order valence-electron chi connectivity index (χ4n) is 3.83. The van der Waals surface area contributed by atoms with E-state index in [0.29, 0.717) is 26.1 Å². The fourth-order valence-corrected chi connectivity index (χ4v) is 3.83. The number of nitrogens with zero attached hydrogens (tertiary/aromatic N) is 2. The number of furan rings is 1. The number of unbranched alkanes of at least 4 members (excludes halogenated alkanes) is 5. The van der Waals surface area contributed by atoms with Crippen LogP contribution in [0.3, 0.4) is 0 Å². The van der Waals surface area contributed by atoms with E-state index in [-0.39, 0.29) is 18.4 Å². The molecule has 1 aromatic carbocycles. The highest BCUT2D eigenvalue weighted by Gasteiger charge is 2.21. The zero-order chi connectivity index (χ0) is 23.0. The van der Waals surface area contributed by atoms with Crippen LogP contribution in [0.5, 0.6) is 0 Å². The second kappa shape index (κ2) is 15.3. The zero-order valence-electron chi connectivity index (χ0n) is 19.9. The van der Waals surface area contributed by atoms with Gasteiger partial charge in [-0.1, -0.05) is 76.3 Å². The second-order valence-electron chi connectivity index (χ2n) is 8.46. The predicted molar refractivity (Wildman–Crippen MR) is 129 cm³/mol. The predicted octanol–water partition coefficient (Wildman–Crippen LogP) is 5.84. The summed E-state index contributed by atoms with van der Waals surface area (Å²) in [6, 6.07) is 13.9. The van der Waals surface area contributed by atoms with E-state index >= 15 is 0 Å². The Balaban J connectivity index is 1.93. The quantitative estimate of drug-likeness (QED) is 0.308. The third kappa shape index (κ3) is 9.71. The lowest BCUT2D eigenvalue weighted by molar-refractivity contribution is -0.141. The smallest absolute Gasteiger partial charge is 0.242 e. The Kier molecular flexibility index (Phi) is 12.3. The summed E-state index contributed by atoms with van der Waals surface area (Å²) in [6.07, 6.45) is 10.7. The van der Waals surface area contributed by atoms with Gasteiger partial charge in [0.25, 0.3) is 0 Å². The van der Waals surface area contributed by atoms with Crippen molar-refractivity contribution in [2.75, 3.05) is 19.6 Å². The van der Waals surface area contributed by atoms with Crippen molar-refractivity contribution in [3.05, 3.63) is 60.1 Å². The van der Waals surface area contributed by atoms with Crippen LogP contribution in [-0.2, 0) is 22.6 Å². The third-order valence-electron chi connectivity index (χ3n) is 5.71. The van der Waals surface area contributed by atoms with Crippen LogP contribution in [0.25, 0.3) is 0 Å². The molecule has 32 heavy (non-hydrogen) atoms. The van der Waals surface area contributed by atoms with Crippen molar-refractivity contribution in [2.24, 2.45) is 0 Å². The molecule has 0 bridgehead atoms. The van der Waals surface area contributed by atoms with Gasteiger partial charge in [0.05, 0.1) is 19.4 Å². The summed E-state index contributed by atoms with van der Waals surface area (Å²) in [5, 5.41) is 0. The third-order valence-corrected chi connectivity index (χ3v) is 5.71. The summed E-state index contributed by atoms with van der Waals surface area (Å²) in [5.74, 6) is 0.825. The first-order valence-corrected chi connectivity index (χ1v) is 12.3. The Morgan fingerprint density at radius 2 is 1.53 bits per heavy atom. The number of hydrogen-bond acceptors (Lipinski definition) is 3. The molecule has 2 aromatic rings. The lowest BCUT2D eigenvalue weighted by Crippen LogP contribution is -2.43. The number of benzene rings is 1. The van der Waals surface area contributed by atoms with Crippen molar-refractivity contribution in [3.63, 3.8) is 0 Å². The van der Waals surface area contributed by atoms with Crippen molar-refractivity contribution in [3.8, 4) is 0 Å². The molecule has 1 heterocycles. The molecule has 5 heteroatoms. The van der Waals surface area contributed by atoms with Crippen LogP contribution in [0.2, 0.25) is 0 Å². The van der Waals surface area contributed by atoms with E-state index in [1.54, 1.807) is 11.2 Å². The molecule has 5 nitrogen and oxygen atoms in total. The lowest BCUT2D eigenvalue weighted by Gasteiger charge is -2.27. The van der Waals surface area contributed by atoms with Gasteiger partial charge in [0, 0.05) is 19.5 Å². The molecule has 0 unspecified atom stereocenters. The minimum Gasteiger partial charge on any atom is -0.467 e. The van der Waals surface area contributed by atoms with Crippen LogP contribution in [0, 0.1) is 0 Å². The van der Waals surface area contributed by atoms with E-state index in [1.165, 1.54) is 31.2 Å². The maximum atomic E-state index is 13.2. The molecule has 176 valence electrons. The zero-order valence-corrected chi connectivity index (χ0v) is 19.9. The molecule has 0 spiro atoms. The van der Waals surface area contributed by atoms with Crippen LogP contribution >= 0.6 is 0 Å². The van der Waals surface area contributed by atoms with Gasteiger partial charge in [0.1, 0.15) is 5.76 Å². The summed E-state index contributed by atoms with van der Waals surface area (Å²) >= 11 is 0. The van der Waals surface area contributed by atoms with E-state index < -0.39 is 0 Å². The second-order valence-corrected chi connectivity index (χ2v) is 8.46. The average Bonchev–Trinajstić information content (AvgIpc) is 3.32. The number of carbonyl (C=O) groups is 2. The standard InChI is InChI=1S/C27H40N2O3/c1-3-5-6-7-8-12-17-26(30)28(19-4-2)23-27(31)29(22-25-16-13-21-32-25)20-18-24-14-10-9-11-15-24/h9-11,13-16,21H,3-8,12,17-20,22-23H2,1-2H3. The van der Waals surface area contributed by atoms with E-state index in [0.717, 1.165) is 31.4 Å². The first-order chi connectivity index (χ1) is 15.6. The number of rotatable bonds is 16. The molecule has 0 fully saturated rings. The molecule has 0 N–H and O–H groups in total. The molecule has 2 amide bonds. The van der Waals surface area contributed by atoms with Crippen molar-refractivity contribution in [2.45, 2.75) is 78.2 Å². The fraction of sp³-hybridized carbons (Fsp3) is 0.556. The Morgan fingerprint density at radius 1 is 0.781 bits per heavy atom. The summed E-state index contributed by atoms with van der Waals surface area (Å²) in [4.78, 5) is 29.6. The van der Waals surface area contributed by atoms with Crippen molar-refractivity contribution < 1.29 is 14.0 Å². The van der Waals surface area contributed by atoms with Crippen LogP contribution in [0.15, 0.2) is 53.1 Å². The molecule has 0 saturated heterocycles. The lowest BCUT2D eigenvalue weighted by atomic mass is 10.1. The first kappa shape index (κ1) is 25.7. The van der Waals surface area contributed by atoms with E-state index in [4.69, 9.17) is 4.42 Å². The highest BCUT2D eigenvalue weighted by molar-refractivity contribution is 5.84. The largest absolute Gasteiger partial charge is 0.467 e. The molecule has 0 radical (unpaired) electrons. The Hall–Kier alpha value is -2.56. The van der Waals surface area contributed by atoms with Crippen LogP contribution < -0.4 is 0 Å². The van der Waals surface area contributed by atoms with Gasteiger partial charge < -0.3 is 14.2 Å². The number of amides is 2. The summed E-state index contributed by atoms with van der Waals surface area (Å²) in [5.41, 5.74) is 1.19. The van der Waals surface area contributed by atoms with Crippen molar-refractivity contribution in [1.29, 1.82) is 0 Å². The maximum absolute atomic E-state index is 13.2. The van der Waals surface area contributed by atoms with E-state index in [2.05, 4.69) is 19.1 Å². The SMILES string of the molecule is CCCCCCCCC(=O)N(CCC)CC(=O)N(CCc1ccccc1)Cc1ccco1. The highest BCUT2D eigenvalue weighted by Crippen LogP contribution is 2.12. The summed E-state index contributed by atoms with van der Waals surface area (Å²) in [6.45, 7) is 6.02. The monoisotopic (exact) mass is 440 g/mol. The molecule has 0 aliphatic carbocycles. The van der Waals surface area contributed by atoms with Gasteiger partial charge in [0.15, 0.2) is 0 Å². The normalized spacial score (nSPS) is 10.8. The van der Waals surface area contributed by atoms with Gasteiger partial charge in [-0.05, 0) is 37.0 Å². The summed E-state index contributed by atoms with van der Waals surface area (Å²) < 4.78 is 5.49. The van der Waals surface area contributed by atoms with Crippen LogP contribution in [0.1, 0.15) is 76.5 Å². The summed E-state index contributed by atoms with van der Waals surface area (Å²) in [7, 11) is 0. The minimum atomic E-state index is -0.0259. The van der Waals surface area contributed by atoms with Gasteiger partial charge >= 0.3 is 0 Å². The van der Waals surface area contributed by atoms with Gasteiger partial charge in [-0.25, -0.2) is 0 Å². The van der Waals surface area contributed by atoms with Gasteiger partial charge in [-0.15, -0.1) is 0 Å². The molecule has 1 aromatic heterocycles. The average molecular weight is 441 g/mol. The van der Waals surface area contributed by atoms with Crippen molar-refractivity contribution in [1.82, 2.24) is 9.80 Å². The Morgan fingerprint density at radius 3 is 2.22 bits per heavy atom. The van der Waals surface area contributed by atoms with E-state index in [1.807, 2.05) is 42.2 Å². The Bertz CT molecular complexity index is 758. The number of carbonyl (C=O) groups excluding carboxylic acids is 2. The first-order valence-electron chi connectivity index (χ1n) is 12.3. The Labute approximate surface area is 193 Å². The van der Waals surface area contributed by atoms with Gasteiger partial charge in [-0.2, -0.15) is 0 Å². The maximum Gasteiger partial charge on any atom is 0.242 e. The molecule has 0 saturated carbocycles. The molecular formula is C27H40N2O3. The molecule has 2 rings (SSSR count).